The summed E-state index contributed by atoms with van der Waals surface area (Å²) in [4.78, 5) is 10.9. The molecule has 1 aromatic heterocycles. The first kappa shape index (κ1) is 10.2. The topological polar surface area (TPSA) is 76.5 Å². The van der Waals surface area contributed by atoms with Gasteiger partial charge >= 0.3 is 5.97 Å². The van der Waals surface area contributed by atoms with Crippen LogP contribution < -0.4 is 5.73 Å². The summed E-state index contributed by atoms with van der Waals surface area (Å²) in [5.41, 5.74) is 4.76. The minimum absolute atomic E-state index is 0.330. The van der Waals surface area contributed by atoms with Crippen LogP contribution in [0.4, 0.5) is 0 Å². The van der Waals surface area contributed by atoms with Gasteiger partial charge in [-0.3, -0.25) is 4.79 Å². The third-order valence-electron chi connectivity index (χ3n) is 3.25. The number of hydrogen-bond acceptors (Lipinski definition) is 3. The molecule has 1 heterocycles. The van der Waals surface area contributed by atoms with Gasteiger partial charge in [0.25, 0.3) is 0 Å². The lowest BCUT2D eigenvalue weighted by atomic mass is 9.76. The van der Waals surface area contributed by atoms with E-state index < -0.39 is 11.5 Å². The van der Waals surface area contributed by atoms with E-state index in [2.05, 4.69) is 0 Å². The Morgan fingerprint density at radius 2 is 2.20 bits per heavy atom. The van der Waals surface area contributed by atoms with Crippen LogP contribution in [0.2, 0.25) is 0 Å². The number of hydrogen-bond donors (Lipinski definition) is 2. The van der Waals surface area contributed by atoms with Gasteiger partial charge in [0.2, 0.25) is 0 Å². The molecule has 1 aliphatic rings. The van der Waals surface area contributed by atoms with E-state index in [1.807, 2.05) is 12.1 Å². The zero-order valence-corrected chi connectivity index (χ0v) is 8.48. The smallest absolute Gasteiger partial charge is 0.323 e. The van der Waals surface area contributed by atoms with Gasteiger partial charge in [0.1, 0.15) is 11.3 Å². The summed E-state index contributed by atoms with van der Waals surface area (Å²) in [5.74, 6) is 0.388. The highest BCUT2D eigenvalue weighted by molar-refractivity contribution is 5.78. The number of nitrogens with two attached hydrogens (primary N) is 1. The summed E-state index contributed by atoms with van der Waals surface area (Å²) >= 11 is 0. The largest absolute Gasteiger partial charge is 0.480 e. The van der Waals surface area contributed by atoms with Crippen molar-refractivity contribution in [2.75, 3.05) is 0 Å². The van der Waals surface area contributed by atoms with E-state index in [1.165, 1.54) is 0 Å². The fourth-order valence-corrected chi connectivity index (χ4v) is 2.15. The molecular weight excluding hydrogens is 194 g/mol. The molecule has 0 atom stereocenters. The van der Waals surface area contributed by atoms with Crippen LogP contribution in [0.3, 0.4) is 0 Å². The van der Waals surface area contributed by atoms with Crippen LogP contribution in [0.15, 0.2) is 22.8 Å². The lowest BCUT2D eigenvalue weighted by Crippen LogP contribution is -2.50. The molecule has 0 unspecified atom stereocenters. The highest BCUT2D eigenvalue weighted by atomic mass is 16.4. The molecule has 0 saturated heterocycles. The zero-order chi connectivity index (χ0) is 10.9. The van der Waals surface area contributed by atoms with E-state index in [0.29, 0.717) is 18.8 Å². The number of carbonyl (C=O) groups is 1. The average molecular weight is 209 g/mol. The summed E-state index contributed by atoms with van der Waals surface area (Å²) in [7, 11) is 0. The number of carboxylic acid groups (broad SMARTS) is 1. The van der Waals surface area contributed by atoms with Gasteiger partial charge in [-0.25, -0.2) is 0 Å². The van der Waals surface area contributed by atoms with Crippen LogP contribution in [0.1, 0.15) is 37.4 Å². The predicted octanol–water partition coefficient (Wildman–Crippen LogP) is 1.72. The number of carboxylic acids is 1. The molecule has 0 radical (unpaired) electrons. The van der Waals surface area contributed by atoms with Gasteiger partial charge in [-0.15, -0.1) is 0 Å². The van der Waals surface area contributed by atoms with Crippen molar-refractivity contribution in [3.05, 3.63) is 24.2 Å². The minimum Gasteiger partial charge on any atom is -0.480 e. The Morgan fingerprint density at radius 1 is 1.53 bits per heavy atom. The molecule has 3 N–H and O–H groups in total. The highest BCUT2D eigenvalue weighted by Gasteiger charge is 2.39. The Labute approximate surface area is 88.1 Å². The molecule has 4 nitrogen and oxygen atoms in total. The van der Waals surface area contributed by atoms with Crippen LogP contribution >= 0.6 is 0 Å². The number of furan rings is 1. The van der Waals surface area contributed by atoms with Crippen molar-refractivity contribution in [1.82, 2.24) is 0 Å². The van der Waals surface area contributed by atoms with Crippen molar-refractivity contribution in [2.45, 2.75) is 37.1 Å². The van der Waals surface area contributed by atoms with Crippen molar-refractivity contribution in [3.63, 3.8) is 0 Å². The van der Waals surface area contributed by atoms with Crippen molar-refractivity contribution in [3.8, 4) is 0 Å². The average Bonchev–Trinajstić information content (AvgIpc) is 2.72. The van der Waals surface area contributed by atoms with Crippen molar-refractivity contribution in [1.29, 1.82) is 0 Å². The van der Waals surface area contributed by atoms with Gasteiger partial charge in [-0.2, -0.15) is 0 Å². The number of aliphatic carboxylic acids is 1. The van der Waals surface area contributed by atoms with E-state index >= 15 is 0 Å². The normalized spacial score (nSPS) is 31.4. The lowest BCUT2D eigenvalue weighted by molar-refractivity contribution is -0.144. The Kier molecular flexibility index (Phi) is 2.52. The van der Waals surface area contributed by atoms with Gasteiger partial charge in [0.05, 0.1) is 6.26 Å². The molecule has 1 aliphatic carbocycles. The Morgan fingerprint density at radius 3 is 2.67 bits per heavy atom. The van der Waals surface area contributed by atoms with E-state index in [9.17, 15) is 4.79 Å². The summed E-state index contributed by atoms with van der Waals surface area (Å²) in [6.07, 6.45) is 4.27. The fourth-order valence-electron chi connectivity index (χ4n) is 2.15. The quantitative estimate of drug-likeness (QED) is 0.777. The molecule has 0 spiro atoms. The third kappa shape index (κ3) is 1.90. The van der Waals surface area contributed by atoms with Gasteiger partial charge in [-0.05, 0) is 37.8 Å². The molecule has 4 heteroatoms. The molecule has 0 aliphatic heterocycles. The monoisotopic (exact) mass is 209 g/mol. The summed E-state index contributed by atoms with van der Waals surface area (Å²) < 4.78 is 5.31. The second kappa shape index (κ2) is 3.70. The second-order valence-corrected chi connectivity index (χ2v) is 4.25. The fraction of sp³-hybridized carbons (Fsp3) is 0.545. The summed E-state index contributed by atoms with van der Waals surface area (Å²) in [6.45, 7) is 0. The van der Waals surface area contributed by atoms with Gasteiger partial charge in [0.15, 0.2) is 0 Å². The molecule has 1 fully saturated rings. The van der Waals surface area contributed by atoms with Crippen molar-refractivity contribution >= 4 is 5.97 Å². The Balaban J connectivity index is 2.01. The number of rotatable bonds is 2. The Hall–Kier alpha value is -1.29. The molecule has 1 saturated carbocycles. The maximum absolute atomic E-state index is 10.9. The molecule has 82 valence electrons. The molecule has 0 aromatic carbocycles. The maximum Gasteiger partial charge on any atom is 0.323 e. The predicted molar refractivity (Wildman–Crippen MR) is 54.5 cm³/mol. The van der Waals surface area contributed by atoms with E-state index in [4.69, 9.17) is 15.3 Å². The van der Waals surface area contributed by atoms with Crippen LogP contribution in [0, 0.1) is 0 Å². The first-order valence-electron chi connectivity index (χ1n) is 5.17. The van der Waals surface area contributed by atoms with Crippen molar-refractivity contribution < 1.29 is 14.3 Å². The standard InChI is InChI=1S/C11H15NO3/c12-11(10(13)14)5-3-8(4-6-11)9-2-1-7-15-9/h1-2,7-8H,3-6,12H2,(H,13,14). The van der Waals surface area contributed by atoms with Crippen LogP contribution in [0.5, 0.6) is 0 Å². The minimum atomic E-state index is -1.02. The van der Waals surface area contributed by atoms with E-state index in [0.717, 1.165) is 18.6 Å². The molecule has 0 amide bonds. The van der Waals surface area contributed by atoms with Crippen LogP contribution in [-0.4, -0.2) is 16.6 Å². The summed E-state index contributed by atoms with van der Waals surface area (Å²) in [5, 5.41) is 8.97. The van der Waals surface area contributed by atoms with Gasteiger partial charge < -0.3 is 15.3 Å². The Bertz CT molecular complexity index is 337. The van der Waals surface area contributed by atoms with Crippen LogP contribution in [0.25, 0.3) is 0 Å². The molecular formula is C11H15NO3. The molecule has 2 rings (SSSR count). The summed E-state index contributed by atoms with van der Waals surface area (Å²) in [6, 6.07) is 3.80. The van der Waals surface area contributed by atoms with Gasteiger partial charge in [0, 0.05) is 5.92 Å². The maximum atomic E-state index is 10.9. The molecule has 0 bridgehead atoms. The molecule has 15 heavy (non-hydrogen) atoms. The zero-order valence-electron chi connectivity index (χ0n) is 8.48. The highest BCUT2D eigenvalue weighted by Crippen LogP contribution is 2.36. The second-order valence-electron chi connectivity index (χ2n) is 4.25. The lowest BCUT2D eigenvalue weighted by Gasteiger charge is -2.32. The molecule has 1 aromatic rings. The van der Waals surface area contributed by atoms with E-state index in [1.54, 1.807) is 6.26 Å². The van der Waals surface area contributed by atoms with Crippen LogP contribution in [-0.2, 0) is 4.79 Å². The SMILES string of the molecule is NC1(C(=O)O)CCC(c2ccco2)CC1. The van der Waals surface area contributed by atoms with Gasteiger partial charge in [-0.1, -0.05) is 0 Å². The first-order valence-corrected chi connectivity index (χ1v) is 5.17. The van der Waals surface area contributed by atoms with E-state index in [-0.39, 0.29) is 0 Å². The van der Waals surface area contributed by atoms with Crippen molar-refractivity contribution in [2.24, 2.45) is 5.73 Å². The third-order valence-corrected chi connectivity index (χ3v) is 3.25. The first-order chi connectivity index (χ1) is 7.12.